The lowest BCUT2D eigenvalue weighted by Crippen LogP contribution is -2.53. The number of rotatable bonds is 8. The molecule has 0 aromatic heterocycles. The minimum Gasteiger partial charge on any atom is -0.353 e. The highest BCUT2D eigenvalue weighted by Gasteiger charge is 2.27. The molecule has 2 unspecified atom stereocenters. The van der Waals surface area contributed by atoms with Crippen molar-refractivity contribution in [2.45, 2.75) is 84.2 Å². The summed E-state index contributed by atoms with van der Waals surface area (Å²) >= 11 is 0. The van der Waals surface area contributed by atoms with Crippen LogP contribution in [0.4, 0.5) is 0 Å². The van der Waals surface area contributed by atoms with Crippen LogP contribution < -0.4 is 16.4 Å². The van der Waals surface area contributed by atoms with E-state index < -0.39 is 0 Å². The third-order valence-corrected chi connectivity index (χ3v) is 4.61. The molecule has 0 aromatic rings. The molecule has 4 N–H and O–H groups in total. The average molecular weight is 325 g/mol. The zero-order valence-electron chi connectivity index (χ0n) is 15.3. The van der Waals surface area contributed by atoms with E-state index in [1.807, 2.05) is 13.8 Å². The zero-order valence-corrected chi connectivity index (χ0v) is 15.3. The first-order valence-electron chi connectivity index (χ1n) is 9.07. The number of carbonyl (C=O) groups excluding carboxylic acids is 2. The highest BCUT2D eigenvalue weighted by Crippen LogP contribution is 2.23. The summed E-state index contributed by atoms with van der Waals surface area (Å²) in [5, 5.41) is 6.04. The standard InChI is InChI=1S/C18H35N3O2/c1-13(2)11-18(4,12-19)21-16(22)10-14(3)20-17(23)15-8-6-5-7-9-15/h13-15H,5-12,19H2,1-4H3,(H,20,23)(H,21,22). The number of carbonyl (C=O) groups is 2. The third-order valence-electron chi connectivity index (χ3n) is 4.61. The maximum atomic E-state index is 12.2. The van der Waals surface area contributed by atoms with Crippen molar-refractivity contribution >= 4 is 11.8 Å². The molecule has 1 aliphatic carbocycles. The van der Waals surface area contributed by atoms with E-state index in [0.717, 1.165) is 32.1 Å². The molecule has 0 bridgehead atoms. The zero-order chi connectivity index (χ0) is 17.5. The van der Waals surface area contributed by atoms with Crippen LogP contribution in [-0.4, -0.2) is 29.9 Å². The summed E-state index contributed by atoms with van der Waals surface area (Å²) in [4.78, 5) is 24.5. The molecular weight excluding hydrogens is 290 g/mol. The Balaban J connectivity index is 2.41. The summed E-state index contributed by atoms with van der Waals surface area (Å²) in [5.74, 6) is 0.653. The largest absolute Gasteiger partial charge is 0.353 e. The van der Waals surface area contributed by atoms with Crippen molar-refractivity contribution < 1.29 is 9.59 Å². The topological polar surface area (TPSA) is 84.2 Å². The molecule has 1 saturated carbocycles. The lowest BCUT2D eigenvalue weighted by Gasteiger charge is -2.32. The quantitative estimate of drug-likeness (QED) is 0.640. The summed E-state index contributed by atoms with van der Waals surface area (Å²) < 4.78 is 0. The van der Waals surface area contributed by atoms with Gasteiger partial charge in [-0.3, -0.25) is 9.59 Å². The molecule has 0 spiro atoms. The first-order chi connectivity index (χ1) is 10.8. The molecule has 134 valence electrons. The molecule has 0 aliphatic heterocycles. The second-order valence-corrected chi connectivity index (χ2v) is 7.86. The van der Waals surface area contributed by atoms with Gasteiger partial charge in [-0.1, -0.05) is 33.1 Å². The van der Waals surface area contributed by atoms with E-state index in [0.29, 0.717) is 18.9 Å². The van der Waals surface area contributed by atoms with Gasteiger partial charge in [0.2, 0.25) is 11.8 Å². The van der Waals surface area contributed by atoms with Gasteiger partial charge in [0.1, 0.15) is 0 Å². The Morgan fingerprint density at radius 3 is 2.30 bits per heavy atom. The number of hydrogen-bond acceptors (Lipinski definition) is 3. The van der Waals surface area contributed by atoms with Crippen molar-refractivity contribution in [3.05, 3.63) is 0 Å². The van der Waals surface area contributed by atoms with Gasteiger partial charge in [-0.15, -0.1) is 0 Å². The monoisotopic (exact) mass is 325 g/mol. The Hall–Kier alpha value is -1.10. The average Bonchev–Trinajstić information content (AvgIpc) is 2.46. The Bertz CT molecular complexity index is 392. The van der Waals surface area contributed by atoms with Gasteiger partial charge in [0.05, 0.1) is 0 Å². The van der Waals surface area contributed by atoms with Gasteiger partial charge < -0.3 is 16.4 Å². The van der Waals surface area contributed by atoms with Crippen molar-refractivity contribution in [3.63, 3.8) is 0 Å². The van der Waals surface area contributed by atoms with Crippen LogP contribution in [0.1, 0.15) is 72.6 Å². The summed E-state index contributed by atoms with van der Waals surface area (Å²) in [6.07, 6.45) is 6.60. The number of nitrogens with one attached hydrogen (secondary N) is 2. The van der Waals surface area contributed by atoms with Crippen molar-refractivity contribution in [1.29, 1.82) is 0 Å². The molecule has 0 saturated heterocycles. The van der Waals surface area contributed by atoms with Gasteiger partial charge in [-0.2, -0.15) is 0 Å². The van der Waals surface area contributed by atoms with Gasteiger partial charge in [-0.05, 0) is 39.0 Å². The van der Waals surface area contributed by atoms with E-state index in [1.54, 1.807) is 0 Å². The predicted molar refractivity (Wildman–Crippen MR) is 93.9 cm³/mol. The van der Waals surface area contributed by atoms with E-state index in [9.17, 15) is 9.59 Å². The molecule has 23 heavy (non-hydrogen) atoms. The molecule has 1 aliphatic rings. The van der Waals surface area contributed by atoms with E-state index in [4.69, 9.17) is 5.73 Å². The maximum Gasteiger partial charge on any atom is 0.223 e. The molecule has 5 heteroatoms. The molecule has 5 nitrogen and oxygen atoms in total. The summed E-state index contributed by atoms with van der Waals surface area (Å²) in [6.45, 7) is 8.53. The molecule has 1 fully saturated rings. The minimum absolute atomic E-state index is 0.0463. The van der Waals surface area contributed by atoms with Gasteiger partial charge in [0, 0.05) is 30.5 Å². The molecular formula is C18H35N3O2. The first-order valence-corrected chi connectivity index (χ1v) is 9.07. The van der Waals surface area contributed by atoms with Gasteiger partial charge in [-0.25, -0.2) is 0 Å². The van der Waals surface area contributed by atoms with E-state index in [-0.39, 0.29) is 29.3 Å². The van der Waals surface area contributed by atoms with Gasteiger partial charge >= 0.3 is 0 Å². The number of hydrogen-bond donors (Lipinski definition) is 3. The van der Waals surface area contributed by atoms with Crippen LogP contribution in [0.3, 0.4) is 0 Å². The normalized spacial score (nSPS) is 19.9. The fourth-order valence-corrected chi connectivity index (χ4v) is 3.53. The maximum absolute atomic E-state index is 12.2. The van der Waals surface area contributed by atoms with Crippen LogP contribution >= 0.6 is 0 Å². The Morgan fingerprint density at radius 2 is 1.78 bits per heavy atom. The molecule has 0 aromatic carbocycles. The molecule has 0 heterocycles. The number of nitrogens with two attached hydrogens (primary N) is 1. The smallest absolute Gasteiger partial charge is 0.223 e. The Morgan fingerprint density at radius 1 is 1.17 bits per heavy atom. The molecule has 2 atom stereocenters. The highest BCUT2D eigenvalue weighted by atomic mass is 16.2. The summed E-state index contributed by atoms with van der Waals surface area (Å²) in [6, 6.07) is -0.148. The second kappa shape index (κ2) is 9.26. The van der Waals surface area contributed by atoms with Crippen molar-refractivity contribution in [1.82, 2.24) is 10.6 Å². The Labute approximate surface area is 141 Å². The van der Waals surface area contributed by atoms with E-state index in [1.165, 1.54) is 6.42 Å². The predicted octanol–water partition coefficient (Wildman–Crippen LogP) is 2.34. The van der Waals surface area contributed by atoms with Crippen LogP contribution in [0.25, 0.3) is 0 Å². The van der Waals surface area contributed by atoms with Crippen LogP contribution in [-0.2, 0) is 9.59 Å². The lowest BCUT2D eigenvalue weighted by atomic mass is 9.88. The third kappa shape index (κ3) is 7.34. The Kier molecular flexibility index (Phi) is 8.03. The van der Waals surface area contributed by atoms with Crippen molar-refractivity contribution in [2.75, 3.05) is 6.54 Å². The van der Waals surface area contributed by atoms with Crippen LogP contribution in [0.2, 0.25) is 0 Å². The fraction of sp³-hybridized carbons (Fsp3) is 0.889. The summed E-state index contributed by atoms with van der Waals surface area (Å²) in [7, 11) is 0. The second-order valence-electron chi connectivity index (χ2n) is 7.86. The minimum atomic E-state index is -0.377. The van der Waals surface area contributed by atoms with Crippen molar-refractivity contribution in [3.8, 4) is 0 Å². The van der Waals surface area contributed by atoms with Crippen LogP contribution in [0, 0.1) is 11.8 Å². The van der Waals surface area contributed by atoms with Gasteiger partial charge in [0.25, 0.3) is 0 Å². The lowest BCUT2D eigenvalue weighted by molar-refractivity contribution is -0.127. The first kappa shape index (κ1) is 19.9. The van der Waals surface area contributed by atoms with Gasteiger partial charge in [0.15, 0.2) is 0 Å². The van der Waals surface area contributed by atoms with Crippen molar-refractivity contribution in [2.24, 2.45) is 17.6 Å². The molecule has 0 radical (unpaired) electrons. The van der Waals surface area contributed by atoms with E-state index in [2.05, 4.69) is 24.5 Å². The number of amides is 2. The fourth-order valence-electron chi connectivity index (χ4n) is 3.53. The van der Waals surface area contributed by atoms with E-state index >= 15 is 0 Å². The summed E-state index contributed by atoms with van der Waals surface area (Å²) in [5.41, 5.74) is 5.45. The molecule has 2 amide bonds. The molecule has 1 rings (SSSR count). The highest BCUT2D eigenvalue weighted by molar-refractivity contribution is 5.81. The van der Waals surface area contributed by atoms with Crippen LogP contribution in [0.5, 0.6) is 0 Å². The van der Waals surface area contributed by atoms with Crippen LogP contribution in [0.15, 0.2) is 0 Å². The SMILES string of the molecule is CC(C)CC(C)(CN)NC(=O)CC(C)NC(=O)C1CCCCC1.